The molecule has 3 atom stereocenters. The smallest absolute Gasteiger partial charge is 0.0587 e. The topological polar surface area (TPSA) is 24.5 Å². The average molecular weight is 240 g/mol. The van der Waals surface area contributed by atoms with E-state index in [0.717, 1.165) is 13.0 Å². The predicted octanol–water partition coefficient (Wildman–Crippen LogP) is 2.02. The van der Waals surface area contributed by atoms with Crippen LogP contribution in [0.3, 0.4) is 0 Å². The van der Waals surface area contributed by atoms with Crippen molar-refractivity contribution in [2.75, 3.05) is 26.2 Å². The van der Waals surface area contributed by atoms with Crippen LogP contribution in [0.1, 0.15) is 46.0 Å². The summed E-state index contributed by atoms with van der Waals surface area (Å²) in [7, 11) is 0. The van der Waals surface area contributed by atoms with Gasteiger partial charge in [0, 0.05) is 25.2 Å². The summed E-state index contributed by atoms with van der Waals surface area (Å²) in [5, 5.41) is 3.86. The zero-order valence-electron chi connectivity index (χ0n) is 11.5. The van der Waals surface area contributed by atoms with E-state index in [9.17, 15) is 0 Å². The average Bonchev–Trinajstić information content (AvgIpc) is 2.39. The molecule has 2 aliphatic heterocycles. The van der Waals surface area contributed by atoms with E-state index < -0.39 is 0 Å². The van der Waals surface area contributed by atoms with Crippen molar-refractivity contribution in [3.8, 4) is 0 Å². The number of piperidine rings is 1. The van der Waals surface area contributed by atoms with Gasteiger partial charge in [0.05, 0.1) is 6.10 Å². The van der Waals surface area contributed by atoms with Crippen molar-refractivity contribution in [3.63, 3.8) is 0 Å². The minimum atomic E-state index is 0.493. The van der Waals surface area contributed by atoms with Gasteiger partial charge in [-0.2, -0.15) is 0 Å². The van der Waals surface area contributed by atoms with Gasteiger partial charge < -0.3 is 15.0 Å². The monoisotopic (exact) mass is 240 g/mol. The molecule has 0 amide bonds. The molecule has 2 saturated heterocycles. The number of hydrogen-bond acceptors (Lipinski definition) is 3. The van der Waals surface area contributed by atoms with Gasteiger partial charge >= 0.3 is 0 Å². The normalized spacial score (nSPS) is 36.0. The van der Waals surface area contributed by atoms with E-state index in [-0.39, 0.29) is 0 Å². The summed E-state index contributed by atoms with van der Waals surface area (Å²) in [4.78, 5) is 2.57. The third kappa shape index (κ3) is 3.94. The molecule has 0 radical (unpaired) electrons. The highest BCUT2D eigenvalue weighted by Gasteiger charge is 2.25. The largest absolute Gasteiger partial charge is 0.378 e. The van der Waals surface area contributed by atoms with Crippen molar-refractivity contribution in [1.82, 2.24) is 10.2 Å². The van der Waals surface area contributed by atoms with Crippen LogP contribution in [0, 0.1) is 0 Å². The van der Waals surface area contributed by atoms with Crippen LogP contribution in [-0.2, 0) is 4.74 Å². The number of rotatable bonds is 4. The van der Waals surface area contributed by atoms with Crippen molar-refractivity contribution in [2.24, 2.45) is 0 Å². The van der Waals surface area contributed by atoms with Gasteiger partial charge in [0.2, 0.25) is 0 Å². The van der Waals surface area contributed by atoms with Crippen molar-refractivity contribution in [1.29, 1.82) is 0 Å². The van der Waals surface area contributed by atoms with Gasteiger partial charge in [0.15, 0.2) is 0 Å². The van der Waals surface area contributed by atoms with Gasteiger partial charge in [0.1, 0.15) is 0 Å². The first-order valence-electron chi connectivity index (χ1n) is 7.41. The fourth-order valence-electron chi connectivity index (χ4n) is 3.13. The van der Waals surface area contributed by atoms with Crippen LogP contribution in [0.2, 0.25) is 0 Å². The molecule has 100 valence electrons. The van der Waals surface area contributed by atoms with E-state index in [0.29, 0.717) is 18.2 Å². The number of ether oxygens (including phenoxy) is 1. The summed E-state index contributed by atoms with van der Waals surface area (Å²) in [6.45, 7) is 9.17. The SMILES string of the molecule is CCC1CC(NC2CCCN(CC)C2)CCO1. The minimum absolute atomic E-state index is 0.493. The van der Waals surface area contributed by atoms with Crippen LogP contribution in [-0.4, -0.2) is 49.3 Å². The molecule has 0 aromatic heterocycles. The maximum atomic E-state index is 5.74. The van der Waals surface area contributed by atoms with Gasteiger partial charge in [-0.15, -0.1) is 0 Å². The molecule has 3 heteroatoms. The van der Waals surface area contributed by atoms with E-state index in [1.165, 1.54) is 45.3 Å². The lowest BCUT2D eigenvalue weighted by Gasteiger charge is -2.37. The molecule has 2 aliphatic rings. The highest BCUT2D eigenvalue weighted by atomic mass is 16.5. The van der Waals surface area contributed by atoms with E-state index >= 15 is 0 Å². The highest BCUT2D eigenvalue weighted by molar-refractivity contribution is 4.84. The maximum Gasteiger partial charge on any atom is 0.0587 e. The van der Waals surface area contributed by atoms with Crippen LogP contribution in [0.25, 0.3) is 0 Å². The number of nitrogens with zero attached hydrogens (tertiary/aromatic N) is 1. The van der Waals surface area contributed by atoms with E-state index in [1.807, 2.05) is 0 Å². The number of likely N-dealkylation sites (tertiary alicyclic amines) is 1. The Morgan fingerprint density at radius 2 is 2.12 bits per heavy atom. The van der Waals surface area contributed by atoms with Crippen LogP contribution >= 0.6 is 0 Å². The second-order valence-electron chi connectivity index (χ2n) is 5.52. The Morgan fingerprint density at radius 1 is 1.24 bits per heavy atom. The number of nitrogens with one attached hydrogen (secondary N) is 1. The molecule has 1 N–H and O–H groups in total. The zero-order chi connectivity index (χ0) is 12.1. The molecule has 2 rings (SSSR count). The molecule has 3 nitrogen and oxygen atoms in total. The van der Waals surface area contributed by atoms with E-state index in [1.54, 1.807) is 0 Å². The zero-order valence-corrected chi connectivity index (χ0v) is 11.5. The van der Waals surface area contributed by atoms with Crippen LogP contribution in [0.5, 0.6) is 0 Å². The van der Waals surface area contributed by atoms with Gasteiger partial charge in [-0.05, 0) is 45.2 Å². The second kappa shape index (κ2) is 6.72. The molecular weight excluding hydrogens is 212 g/mol. The minimum Gasteiger partial charge on any atom is -0.378 e. The third-order valence-electron chi connectivity index (χ3n) is 4.25. The summed E-state index contributed by atoms with van der Waals surface area (Å²) in [5.41, 5.74) is 0. The lowest BCUT2D eigenvalue weighted by atomic mass is 9.98. The molecular formula is C14H28N2O. The molecule has 0 aromatic rings. The molecule has 3 unspecified atom stereocenters. The molecule has 0 aliphatic carbocycles. The van der Waals surface area contributed by atoms with Gasteiger partial charge in [-0.3, -0.25) is 0 Å². The Morgan fingerprint density at radius 3 is 2.88 bits per heavy atom. The summed E-state index contributed by atoms with van der Waals surface area (Å²) in [5.74, 6) is 0. The van der Waals surface area contributed by atoms with Gasteiger partial charge in [-0.25, -0.2) is 0 Å². The Bertz CT molecular complexity index is 200. The van der Waals surface area contributed by atoms with Gasteiger partial charge in [0.25, 0.3) is 0 Å². The molecule has 0 spiro atoms. The lowest BCUT2D eigenvalue weighted by molar-refractivity contribution is -0.00377. The predicted molar refractivity (Wildman–Crippen MR) is 71.3 cm³/mol. The molecule has 0 saturated carbocycles. The van der Waals surface area contributed by atoms with Crippen LogP contribution in [0.4, 0.5) is 0 Å². The highest BCUT2D eigenvalue weighted by Crippen LogP contribution is 2.18. The summed E-state index contributed by atoms with van der Waals surface area (Å²) >= 11 is 0. The standard InChI is InChI=1S/C14H28N2O/c1-3-14-10-12(7-9-17-14)15-13-6-5-8-16(4-2)11-13/h12-15H,3-11H2,1-2H3. The van der Waals surface area contributed by atoms with E-state index in [2.05, 4.69) is 24.1 Å². The molecule has 0 bridgehead atoms. The van der Waals surface area contributed by atoms with E-state index in [4.69, 9.17) is 4.74 Å². The Hall–Kier alpha value is -0.120. The molecule has 2 heterocycles. The Labute approximate surface area is 106 Å². The lowest BCUT2D eigenvalue weighted by Crippen LogP contribution is -2.51. The maximum absolute atomic E-state index is 5.74. The van der Waals surface area contributed by atoms with Gasteiger partial charge in [-0.1, -0.05) is 13.8 Å². The van der Waals surface area contributed by atoms with Crippen molar-refractivity contribution in [2.45, 2.75) is 64.1 Å². The van der Waals surface area contributed by atoms with Crippen molar-refractivity contribution < 1.29 is 4.74 Å². The molecule has 0 aromatic carbocycles. The fourth-order valence-corrected chi connectivity index (χ4v) is 3.13. The summed E-state index contributed by atoms with van der Waals surface area (Å²) in [6.07, 6.45) is 6.76. The van der Waals surface area contributed by atoms with Crippen molar-refractivity contribution in [3.05, 3.63) is 0 Å². The number of hydrogen-bond donors (Lipinski definition) is 1. The summed E-state index contributed by atoms with van der Waals surface area (Å²) in [6, 6.07) is 1.40. The fraction of sp³-hybridized carbons (Fsp3) is 1.00. The first kappa shape index (κ1) is 13.3. The Kier molecular flexibility index (Phi) is 5.26. The van der Waals surface area contributed by atoms with Crippen LogP contribution < -0.4 is 5.32 Å². The van der Waals surface area contributed by atoms with Crippen LogP contribution in [0.15, 0.2) is 0 Å². The first-order valence-corrected chi connectivity index (χ1v) is 7.41. The second-order valence-corrected chi connectivity index (χ2v) is 5.52. The van der Waals surface area contributed by atoms with Crippen molar-refractivity contribution >= 4 is 0 Å². The first-order chi connectivity index (χ1) is 8.31. The Balaban J connectivity index is 1.75. The quantitative estimate of drug-likeness (QED) is 0.813. The molecule has 17 heavy (non-hydrogen) atoms. The number of likely N-dealkylation sites (N-methyl/N-ethyl adjacent to an activating group) is 1. The molecule has 2 fully saturated rings. The summed E-state index contributed by atoms with van der Waals surface area (Å²) < 4.78 is 5.74. The third-order valence-corrected chi connectivity index (χ3v) is 4.25.